The summed E-state index contributed by atoms with van der Waals surface area (Å²) >= 11 is 5.42. The third-order valence-corrected chi connectivity index (χ3v) is 2.74. The number of rotatable bonds is 3. The Labute approximate surface area is 85.8 Å². The van der Waals surface area contributed by atoms with Gasteiger partial charge in [-0.1, -0.05) is 5.16 Å². The van der Waals surface area contributed by atoms with Crippen LogP contribution in [0.5, 0.6) is 0 Å². The normalized spacial score (nSPS) is 18.6. The standard InChI is InChI=1S/C8H10ClN3O2/c9-4-6(13)11-8(2-1-3-8)7-10-5-14-12-7/h5H,1-4H2,(H,11,13). The SMILES string of the molecule is O=C(CCl)NC1(c2ncon2)CCC1. The molecule has 1 heterocycles. The van der Waals surface area contributed by atoms with Gasteiger partial charge < -0.3 is 9.84 Å². The van der Waals surface area contributed by atoms with Crippen molar-refractivity contribution in [2.75, 3.05) is 5.88 Å². The Hall–Kier alpha value is -1.10. The molecule has 1 N–H and O–H groups in total. The zero-order valence-electron chi connectivity index (χ0n) is 7.49. The predicted octanol–water partition coefficient (Wildman–Crippen LogP) is 0.804. The molecule has 6 heteroatoms. The highest BCUT2D eigenvalue weighted by Crippen LogP contribution is 2.39. The maximum Gasteiger partial charge on any atom is 0.235 e. The molecule has 1 aliphatic rings. The van der Waals surface area contributed by atoms with Gasteiger partial charge in [0, 0.05) is 0 Å². The van der Waals surface area contributed by atoms with E-state index in [4.69, 9.17) is 11.6 Å². The van der Waals surface area contributed by atoms with Gasteiger partial charge in [-0.25, -0.2) is 0 Å². The minimum Gasteiger partial charge on any atom is -0.343 e. The van der Waals surface area contributed by atoms with Crippen LogP contribution >= 0.6 is 11.6 Å². The summed E-state index contributed by atoms with van der Waals surface area (Å²) in [6, 6.07) is 0. The van der Waals surface area contributed by atoms with E-state index in [9.17, 15) is 4.79 Å². The maximum absolute atomic E-state index is 11.2. The van der Waals surface area contributed by atoms with E-state index in [-0.39, 0.29) is 11.8 Å². The van der Waals surface area contributed by atoms with Crippen molar-refractivity contribution < 1.29 is 9.32 Å². The molecule has 76 valence electrons. The molecule has 0 atom stereocenters. The van der Waals surface area contributed by atoms with Gasteiger partial charge in [-0.2, -0.15) is 4.98 Å². The highest BCUT2D eigenvalue weighted by molar-refractivity contribution is 6.27. The van der Waals surface area contributed by atoms with Gasteiger partial charge in [0.2, 0.25) is 12.3 Å². The topological polar surface area (TPSA) is 68.0 Å². The van der Waals surface area contributed by atoms with Crippen molar-refractivity contribution in [1.29, 1.82) is 0 Å². The van der Waals surface area contributed by atoms with Gasteiger partial charge in [-0.05, 0) is 19.3 Å². The molecule has 1 aliphatic carbocycles. The number of carbonyl (C=O) groups excluding carboxylic acids is 1. The maximum atomic E-state index is 11.2. The lowest BCUT2D eigenvalue weighted by Crippen LogP contribution is -2.51. The van der Waals surface area contributed by atoms with Gasteiger partial charge in [-0.15, -0.1) is 11.6 Å². The van der Waals surface area contributed by atoms with Crippen molar-refractivity contribution >= 4 is 17.5 Å². The van der Waals surface area contributed by atoms with Crippen molar-refractivity contribution in [3.8, 4) is 0 Å². The summed E-state index contributed by atoms with van der Waals surface area (Å²) in [4.78, 5) is 15.1. The number of hydrogen-bond donors (Lipinski definition) is 1. The third kappa shape index (κ3) is 1.48. The highest BCUT2D eigenvalue weighted by atomic mass is 35.5. The lowest BCUT2D eigenvalue weighted by atomic mass is 9.76. The van der Waals surface area contributed by atoms with Gasteiger partial charge in [0.15, 0.2) is 5.82 Å². The van der Waals surface area contributed by atoms with E-state index in [0.717, 1.165) is 19.3 Å². The molecule has 0 radical (unpaired) electrons. The van der Waals surface area contributed by atoms with Crippen LogP contribution < -0.4 is 5.32 Å². The van der Waals surface area contributed by atoms with Crippen LogP contribution in [0.1, 0.15) is 25.1 Å². The number of alkyl halides is 1. The van der Waals surface area contributed by atoms with Crippen LogP contribution in [-0.4, -0.2) is 21.9 Å². The molecule has 1 saturated carbocycles. The first kappa shape index (κ1) is 9.45. The quantitative estimate of drug-likeness (QED) is 0.758. The summed E-state index contributed by atoms with van der Waals surface area (Å²) in [5, 5.41) is 6.58. The Morgan fingerprint density at radius 3 is 2.93 bits per heavy atom. The number of amides is 1. The van der Waals surface area contributed by atoms with E-state index in [0.29, 0.717) is 5.82 Å². The Bertz CT molecular complexity index is 321. The first-order valence-electron chi connectivity index (χ1n) is 4.41. The van der Waals surface area contributed by atoms with Crippen LogP contribution in [0.2, 0.25) is 0 Å². The molecule has 1 fully saturated rings. The highest BCUT2D eigenvalue weighted by Gasteiger charge is 2.43. The smallest absolute Gasteiger partial charge is 0.235 e. The summed E-state index contributed by atoms with van der Waals surface area (Å²) in [7, 11) is 0. The second kappa shape index (κ2) is 3.57. The molecule has 5 nitrogen and oxygen atoms in total. The predicted molar refractivity (Wildman–Crippen MR) is 48.7 cm³/mol. The van der Waals surface area contributed by atoms with Crippen LogP contribution in [0.25, 0.3) is 0 Å². The van der Waals surface area contributed by atoms with Crippen molar-refractivity contribution in [2.45, 2.75) is 24.8 Å². The average Bonchev–Trinajstić information content (AvgIpc) is 2.63. The lowest BCUT2D eigenvalue weighted by Gasteiger charge is -2.39. The fraction of sp³-hybridized carbons (Fsp3) is 0.625. The van der Waals surface area contributed by atoms with Crippen molar-refractivity contribution in [3.05, 3.63) is 12.2 Å². The van der Waals surface area contributed by atoms with Crippen molar-refractivity contribution in [3.63, 3.8) is 0 Å². The molecule has 0 saturated heterocycles. The molecule has 14 heavy (non-hydrogen) atoms. The minimum atomic E-state index is -0.432. The molecule has 1 aromatic heterocycles. The van der Waals surface area contributed by atoms with Gasteiger partial charge in [-0.3, -0.25) is 4.79 Å². The molecule has 0 spiro atoms. The summed E-state index contributed by atoms with van der Waals surface area (Å²) in [5.41, 5.74) is -0.432. The third-order valence-electron chi connectivity index (χ3n) is 2.50. The number of halogens is 1. The fourth-order valence-corrected chi connectivity index (χ4v) is 1.68. The Balaban J connectivity index is 2.14. The second-order valence-electron chi connectivity index (χ2n) is 3.37. The molecule has 0 aromatic carbocycles. The van der Waals surface area contributed by atoms with Crippen LogP contribution in [-0.2, 0) is 10.3 Å². The summed E-state index contributed by atoms with van der Waals surface area (Å²) < 4.78 is 4.67. The first-order chi connectivity index (χ1) is 6.77. The molecule has 0 aliphatic heterocycles. The molecule has 1 aromatic rings. The van der Waals surface area contributed by atoms with Crippen LogP contribution in [0, 0.1) is 0 Å². The first-order valence-corrected chi connectivity index (χ1v) is 4.94. The van der Waals surface area contributed by atoms with E-state index >= 15 is 0 Å². The van der Waals surface area contributed by atoms with E-state index in [2.05, 4.69) is 20.0 Å². The second-order valence-corrected chi connectivity index (χ2v) is 3.64. The molecule has 0 unspecified atom stereocenters. The average molecular weight is 216 g/mol. The van der Waals surface area contributed by atoms with Gasteiger partial charge >= 0.3 is 0 Å². The van der Waals surface area contributed by atoms with Crippen molar-refractivity contribution in [2.24, 2.45) is 0 Å². The molecule has 2 rings (SSSR count). The van der Waals surface area contributed by atoms with E-state index in [1.54, 1.807) is 0 Å². The number of hydrogen-bond acceptors (Lipinski definition) is 4. The summed E-state index contributed by atoms with van der Waals surface area (Å²) in [6.07, 6.45) is 4.00. The molecular weight excluding hydrogens is 206 g/mol. The van der Waals surface area contributed by atoms with E-state index in [1.807, 2.05) is 0 Å². The number of carbonyl (C=O) groups is 1. The summed E-state index contributed by atoms with van der Waals surface area (Å²) in [6.45, 7) is 0. The number of nitrogens with zero attached hydrogens (tertiary/aromatic N) is 2. The monoisotopic (exact) mass is 215 g/mol. The van der Waals surface area contributed by atoms with E-state index < -0.39 is 5.54 Å². The molecule has 1 amide bonds. The lowest BCUT2D eigenvalue weighted by molar-refractivity contribution is -0.122. The van der Waals surface area contributed by atoms with Crippen LogP contribution in [0.15, 0.2) is 10.9 Å². The number of aromatic nitrogens is 2. The minimum absolute atomic E-state index is 0.0421. The Kier molecular flexibility index (Phi) is 2.41. The Morgan fingerprint density at radius 1 is 1.71 bits per heavy atom. The number of nitrogens with one attached hydrogen (secondary N) is 1. The Morgan fingerprint density at radius 2 is 2.50 bits per heavy atom. The summed E-state index contributed by atoms with van der Waals surface area (Å²) in [5.74, 6) is 0.304. The largest absolute Gasteiger partial charge is 0.343 e. The van der Waals surface area contributed by atoms with Crippen molar-refractivity contribution in [1.82, 2.24) is 15.5 Å². The van der Waals surface area contributed by atoms with Gasteiger partial charge in [0.05, 0.1) is 0 Å². The van der Waals surface area contributed by atoms with Crippen LogP contribution in [0.4, 0.5) is 0 Å². The van der Waals surface area contributed by atoms with E-state index in [1.165, 1.54) is 6.39 Å². The zero-order chi connectivity index (χ0) is 10.0. The molecule has 0 bridgehead atoms. The van der Waals surface area contributed by atoms with Gasteiger partial charge in [0.1, 0.15) is 11.4 Å². The zero-order valence-corrected chi connectivity index (χ0v) is 8.25. The van der Waals surface area contributed by atoms with Crippen LogP contribution in [0.3, 0.4) is 0 Å². The fourth-order valence-electron chi connectivity index (χ4n) is 1.62. The van der Waals surface area contributed by atoms with Gasteiger partial charge in [0.25, 0.3) is 0 Å². The molecular formula is C8H10ClN3O2.